The molecule has 1 aromatic carbocycles. The zero-order chi connectivity index (χ0) is 18.8. The Morgan fingerprint density at radius 3 is 2.59 bits per heavy atom. The highest BCUT2D eigenvalue weighted by Gasteiger charge is 2.28. The van der Waals surface area contributed by atoms with Crippen molar-refractivity contribution in [2.45, 2.75) is 51.0 Å². The first kappa shape index (κ1) is 17.6. The lowest BCUT2D eigenvalue weighted by molar-refractivity contribution is -0.120. The monoisotopic (exact) mass is 363 g/mol. The van der Waals surface area contributed by atoms with E-state index in [0.717, 1.165) is 19.3 Å². The lowest BCUT2D eigenvalue weighted by atomic mass is 9.82. The topological polar surface area (TPSA) is 105 Å². The Hall–Kier alpha value is -2.76. The number of hydrogen-bond donors (Lipinski definition) is 3. The highest BCUT2D eigenvalue weighted by atomic mass is 16.1. The van der Waals surface area contributed by atoms with Crippen molar-refractivity contribution in [1.29, 1.82) is 5.41 Å². The first-order chi connectivity index (χ1) is 13.1. The molecule has 1 unspecified atom stereocenters. The van der Waals surface area contributed by atoms with Gasteiger partial charge in [-0.3, -0.25) is 4.79 Å². The van der Waals surface area contributed by atoms with Gasteiger partial charge in [-0.25, -0.2) is 9.97 Å². The van der Waals surface area contributed by atoms with Crippen LogP contribution >= 0.6 is 0 Å². The van der Waals surface area contributed by atoms with E-state index < -0.39 is 0 Å². The second kappa shape index (κ2) is 7.47. The summed E-state index contributed by atoms with van der Waals surface area (Å²) in [6.07, 6.45) is 6.95. The maximum atomic E-state index is 11.5. The Balaban J connectivity index is 1.55. The second-order valence-corrected chi connectivity index (χ2v) is 7.56. The number of nitrogen functional groups attached to an aromatic ring is 1. The van der Waals surface area contributed by atoms with Gasteiger partial charge in [0.25, 0.3) is 0 Å². The number of carbonyl (C=O) groups is 1. The predicted octanol–water partition coefficient (Wildman–Crippen LogP) is 3.16. The first-order valence-electron chi connectivity index (χ1n) is 9.66. The molecule has 1 saturated carbocycles. The first-order valence-corrected chi connectivity index (χ1v) is 9.66. The van der Waals surface area contributed by atoms with Crippen molar-refractivity contribution in [3.8, 4) is 0 Å². The summed E-state index contributed by atoms with van der Waals surface area (Å²) in [5.41, 5.74) is 9.98. The molecule has 2 aliphatic rings. The third kappa shape index (κ3) is 3.70. The van der Waals surface area contributed by atoms with Crippen LogP contribution in [0.1, 0.15) is 48.8 Å². The molecule has 1 heterocycles. The highest BCUT2D eigenvalue weighted by Crippen LogP contribution is 2.31. The number of nitrogens with zero attached hydrogens (tertiary/aromatic N) is 2. The minimum absolute atomic E-state index is 0.0450. The van der Waals surface area contributed by atoms with E-state index in [0.29, 0.717) is 48.6 Å². The largest absolute Gasteiger partial charge is 0.383 e. The van der Waals surface area contributed by atoms with Gasteiger partial charge in [0.2, 0.25) is 0 Å². The fourth-order valence-corrected chi connectivity index (χ4v) is 4.22. The molecule has 140 valence electrons. The number of benzene rings is 1. The Labute approximate surface area is 159 Å². The number of hydrogen-bond acceptors (Lipinski definition) is 6. The molecule has 6 heteroatoms. The lowest BCUT2D eigenvalue weighted by Crippen LogP contribution is -2.30. The van der Waals surface area contributed by atoms with Gasteiger partial charge >= 0.3 is 0 Å². The molecule has 4 rings (SSSR count). The second-order valence-electron chi connectivity index (χ2n) is 7.56. The van der Waals surface area contributed by atoms with E-state index in [-0.39, 0.29) is 17.7 Å². The van der Waals surface area contributed by atoms with Crippen LogP contribution in [0, 0.1) is 11.3 Å². The van der Waals surface area contributed by atoms with E-state index >= 15 is 0 Å². The Kier molecular flexibility index (Phi) is 4.88. The zero-order valence-electron chi connectivity index (χ0n) is 15.4. The van der Waals surface area contributed by atoms with Crippen LogP contribution in [-0.2, 0) is 17.6 Å². The van der Waals surface area contributed by atoms with Crippen LogP contribution in [0.3, 0.4) is 0 Å². The molecule has 0 radical (unpaired) electrons. The molecule has 27 heavy (non-hydrogen) atoms. The Bertz CT molecular complexity index is 869. The number of nitrogens with one attached hydrogen (secondary N) is 2. The van der Waals surface area contributed by atoms with Gasteiger partial charge in [-0.15, -0.1) is 0 Å². The summed E-state index contributed by atoms with van der Waals surface area (Å²) < 4.78 is 0. The number of rotatable bonds is 4. The molecule has 0 saturated heterocycles. The summed E-state index contributed by atoms with van der Waals surface area (Å²) >= 11 is 0. The van der Waals surface area contributed by atoms with Crippen LogP contribution in [-0.4, -0.2) is 27.5 Å². The normalized spacial score (nSPS) is 20.1. The average molecular weight is 363 g/mol. The lowest BCUT2D eigenvalue weighted by Gasteiger charge is -2.28. The molecular formula is C21H25N5O. The van der Waals surface area contributed by atoms with E-state index in [1.165, 1.54) is 17.5 Å². The number of aromatic nitrogens is 2. The SMILES string of the molecule is N=C(c1c(N)ncnc1NC1CCc2ccccc2C1)C1CCC(=O)CC1. The molecular weight excluding hydrogens is 338 g/mol. The predicted molar refractivity (Wildman–Crippen MR) is 106 cm³/mol. The van der Waals surface area contributed by atoms with E-state index in [4.69, 9.17) is 11.1 Å². The number of carbonyl (C=O) groups excluding carboxylic acids is 1. The molecule has 0 aliphatic heterocycles. The van der Waals surface area contributed by atoms with E-state index in [1.807, 2.05) is 0 Å². The Morgan fingerprint density at radius 1 is 1.07 bits per heavy atom. The molecule has 0 bridgehead atoms. The molecule has 0 amide bonds. The van der Waals surface area contributed by atoms with Gasteiger partial charge in [0.15, 0.2) is 0 Å². The number of fused-ring (bicyclic) bond motifs is 1. The van der Waals surface area contributed by atoms with Gasteiger partial charge in [-0.05, 0) is 43.2 Å². The zero-order valence-corrected chi connectivity index (χ0v) is 15.4. The van der Waals surface area contributed by atoms with Crippen molar-refractivity contribution in [1.82, 2.24) is 9.97 Å². The minimum atomic E-state index is 0.0450. The van der Waals surface area contributed by atoms with Gasteiger partial charge in [0, 0.05) is 30.5 Å². The number of nitrogens with two attached hydrogens (primary N) is 1. The van der Waals surface area contributed by atoms with Crippen molar-refractivity contribution < 1.29 is 4.79 Å². The standard InChI is InChI=1S/C21H25N5O/c22-19(14-6-9-17(27)10-7-14)18-20(23)24-12-25-21(18)26-16-8-5-13-3-1-2-4-15(13)11-16/h1-4,12,14,16,22H,5-11H2,(H3,23,24,25,26). The summed E-state index contributed by atoms with van der Waals surface area (Å²) in [5.74, 6) is 1.32. The third-order valence-corrected chi connectivity index (χ3v) is 5.79. The van der Waals surface area contributed by atoms with Crippen molar-refractivity contribution in [3.05, 3.63) is 47.3 Å². The molecule has 2 aromatic rings. The van der Waals surface area contributed by atoms with Crippen LogP contribution in [0.4, 0.5) is 11.6 Å². The van der Waals surface area contributed by atoms with Gasteiger partial charge in [-0.1, -0.05) is 24.3 Å². The van der Waals surface area contributed by atoms with Crippen molar-refractivity contribution >= 4 is 23.1 Å². The highest BCUT2D eigenvalue weighted by molar-refractivity contribution is 6.07. The van der Waals surface area contributed by atoms with Gasteiger partial charge < -0.3 is 16.5 Å². The summed E-state index contributed by atoms with van der Waals surface area (Å²) in [4.78, 5) is 20.1. The molecule has 1 aromatic heterocycles. The summed E-state index contributed by atoms with van der Waals surface area (Å²) in [5, 5.41) is 12.2. The maximum Gasteiger partial charge on any atom is 0.140 e. The number of Topliss-reactive ketones (excluding diaryl/α,β-unsaturated/α-hetero) is 1. The quantitative estimate of drug-likeness (QED) is 0.724. The van der Waals surface area contributed by atoms with Gasteiger partial charge in [0.05, 0.1) is 5.56 Å². The summed E-state index contributed by atoms with van der Waals surface area (Å²) in [6, 6.07) is 8.80. The molecule has 6 nitrogen and oxygen atoms in total. The van der Waals surface area contributed by atoms with E-state index in [2.05, 4.69) is 39.6 Å². The smallest absolute Gasteiger partial charge is 0.140 e. The van der Waals surface area contributed by atoms with Crippen LogP contribution in [0.25, 0.3) is 0 Å². The van der Waals surface area contributed by atoms with E-state index in [9.17, 15) is 4.79 Å². The van der Waals surface area contributed by atoms with Crippen LogP contribution < -0.4 is 11.1 Å². The minimum Gasteiger partial charge on any atom is -0.383 e. The molecule has 1 atom stereocenters. The number of ketones is 1. The number of anilines is 2. The van der Waals surface area contributed by atoms with Gasteiger partial charge in [0.1, 0.15) is 23.7 Å². The fourth-order valence-electron chi connectivity index (χ4n) is 4.22. The van der Waals surface area contributed by atoms with Crippen LogP contribution in [0.5, 0.6) is 0 Å². The van der Waals surface area contributed by atoms with Crippen molar-refractivity contribution in [3.63, 3.8) is 0 Å². The molecule has 0 spiro atoms. The van der Waals surface area contributed by atoms with Crippen LogP contribution in [0.15, 0.2) is 30.6 Å². The maximum absolute atomic E-state index is 11.5. The van der Waals surface area contributed by atoms with Crippen molar-refractivity contribution in [2.75, 3.05) is 11.1 Å². The van der Waals surface area contributed by atoms with Crippen molar-refractivity contribution in [2.24, 2.45) is 5.92 Å². The number of aryl methyl sites for hydroxylation is 1. The average Bonchev–Trinajstić information content (AvgIpc) is 2.68. The van der Waals surface area contributed by atoms with E-state index in [1.54, 1.807) is 0 Å². The van der Waals surface area contributed by atoms with Crippen LogP contribution in [0.2, 0.25) is 0 Å². The van der Waals surface area contributed by atoms with Gasteiger partial charge in [-0.2, -0.15) is 0 Å². The Morgan fingerprint density at radius 2 is 1.81 bits per heavy atom. The summed E-state index contributed by atoms with van der Waals surface area (Å²) in [7, 11) is 0. The third-order valence-electron chi connectivity index (χ3n) is 5.79. The summed E-state index contributed by atoms with van der Waals surface area (Å²) in [6.45, 7) is 0. The fraction of sp³-hybridized carbons (Fsp3) is 0.429. The molecule has 4 N–H and O–H groups in total. The molecule has 1 fully saturated rings. The molecule has 2 aliphatic carbocycles.